The Labute approximate surface area is 102 Å². The second kappa shape index (κ2) is 6.25. The number of aryl methyl sites for hydroxylation is 1. The van der Waals surface area contributed by atoms with Crippen LogP contribution in [0.3, 0.4) is 0 Å². The van der Waals surface area contributed by atoms with Gasteiger partial charge in [-0.1, -0.05) is 17.7 Å². The summed E-state index contributed by atoms with van der Waals surface area (Å²) < 4.78 is 5.50. The van der Waals surface area contributed by atoms with Gasteiger partial charge in [0, 0.05) is 25.7 Å². The minimum absolute atomic E-state index is 0.0314. The highest BCUT2D eigenvalue weighted by Crippen LogP contribution is 2.19. The number of carbonyl (C=O) groups excluding carboxylic acids is 1. The molecule has 1 aromatic rings. The Balaban J connectivity index is 2.66. The number of rotatable bonds is 5. The van der Waals surface area contributed by atoms with Crippen molar-refractivity contribution in [3.05, 3.63) is 29.3 Å². The minimum atomic E-state index is -0.0314. The highest BCUT2D eigenvalue weighted by Gasteiger charge is 2.09. The third-order valence-corrected chi connectivity index (χ3v) is 2.69. The molecular formula is C13H20N2O2. The molecule has 0 fully saturated rings. The van der Waals surface area contributed by atoms with Crippen LogP contribution in [0.5, 0.6) is 5.75 Å². The lowest BCUT2D eigenvalue weighted by Crippen LogP contribution is -2.31. The maximum Gasteiger partial charge on any atom is 0.260 e. The van der Waals surface area contributed by atoms with E-state index in [0.29, 0.717) is 18.8 Å². The predicted octanol–water partition coefficient (Wildman–Crippen LogP) is 1.31. The molecule has 0 atom stereocenters. The van der Waals surface area contributed by atoms with E-state index in [0.717, 1.165) is 11.1 Å². The first-order valence-electron chi connectivity index (χ1n) is 5.74. The summed E-state index contributed by atoms with van der Waals surface area (Å²) in [5.41, 5.74) is 7.70. The SMILES string of the molecule is CCN(C)C(=O)COc1ccc(C)cc1CN. The molecule has 0 bridgehead atoms. The average Bonchev–Trinajstić information content (AvgIpc) is 2.35. The zero-order valence-electron chi connectivity index (χ0n) is 10.7. The van der Waals surface area contributed by atoms with Crippen molar-refractivity contribution in [1.82, 2.24) is 4.90 Å². The van der Waals surface area contributed by atoms with Crippen LogP contribution in [-0.4, -0.2) is 31.0 Å². The Kier molecular flexibility index (Phi) is 4.97. The normalized spacial score (nSPS) is 10.1. The van der Waals surface area contributed by atoms with Crippen molar-refractivity contribution >= 4 is 5.91 Å². The van der Waals surface area contributed by atoms with Crippen LogP contribution in [-0.2, 0) is 11.3 Å². The minimum Gasteiger partial charge on any atom is -0.483 e. The molecule has 0 saturated carbocycles. The summed E-state index contributed by atoms with van der Waals surface area (Å²) in [5.74, 6) is 0.659. The zero-order valence-corrected chi connectivity index (χ0v) is 10.7. The standard InChI is InChI=1S/C13H20N2O2/c1-4-15(3)13(16)9-17-12-6-5-10(2)7-11(12)8-14/h5-7H,4,8-9,14H2,1-3H3. The van der Waals surface area contributed by atoms with Crippen LogP contribution in [0.2, 0.25) is 0 Å². The molecule has 0 unspecified atom stereocenters. The molecule has 1 amide bonds. The average molecular weight is 236 g/mol. The number of hydrogen-bond acceptors (Lipinski definition) is 3. The lowest BCUT2D eigenvalue weighted by Gasteiger charge is -2.16. The molecule has 0 aliphatic rings. The van der Waals surface area contributed by atoms with Crippen molar-refractivity contribution in [2.45, 2.75) is 20.4 Å². The van der Waals surface area contributed by atoms with E-state index >= 15 is 0 Å². The fourth-order valence-corrected chi connectivity index (χ4v) is 1.43. The summed E-state index contributed by atoms with van der Waals surface area (Å²) in [6.07, 6.45) is 0. The number of ether oxygens (including phenoxy) is 1. The Hall–Kier alpha value is -1.55. The number of benzene rings is 1. The fourth-order valence-electron chi connectivity index (χ4n) is 1.43. The third-order valence-electron chi connectivity index (χ3n) is 2.69. The van der Waals surface area contributed by atoms with Crippen molar-refractivity contribution < 1.29 is 9.53 Å². The van der Waals surface area contributed by atoms with Crippen molar-refractivity contribution in [2.75, 3.05) is 20.2 Å². The molecular weight excluding hydrogens is 216 g/mol. The smallest absolute Gasteiger partial charge is 0.260 e. The van der Waals surface area contributed by atoms with Crippen LogP contribution >= 0.6 is 0 Å². The lowest BCUT2D eigenvalue weighted by atomic mass is 10.1. The molecule has 0 spiro atoms. The molecule has 0 aliphatic carbocycles. The molecule has 0 saturated heterocycles. The highest BCUT2D eigenvalue weighted by molar-refractivity contribution is 5.77. The molecule has 0 radical (unpaired) electrons. The topological polar surface area (TPSA) is 55.6 Å². The van der Waals surface area contributed by atoms with Crippen LogP contribution in [0.4, 0.5) is 0 Å². The van der Waals surface area contributed by atoms with E-state index in [4.69, 9.17) is 10.5 Å². The second-order valence-electron chi connectivity index (χ2n) is 4.01. The van der Waals surface area contributed by atoms with E-state index in [1.54, 1.807) is 11.9 Å². The lowest BCUT2D eigenvalue weighted by molar-refractivity contribution is -0.131. The van der Waals surface area contributed by atoms with Crippen molar-refractivity contribution in [3.63, 3.8) is 0 Å². The van der Waals surface area contributed by atoms with E-state index in [1.807, 2.05) is 32.0 Å². The Morgan fingerprint density at radius 2 is 2.18 bits per heavy atom. The summed E-state index contributed by atoms with van der Waals surface area (Å²) in [5, 5.41) is 0. The van der Waals surface area contributed by atoms with Crippen molar-refractivity contribution in [1.29, 1.82) is 0 Å². The first-order chi connectivity index (χ1) is 8.08. The molecule has 1 aromatic carbocycles. The fraction of sp³-hybridized carbons (Fsp3) is 0.462. The van der Waals surface area contributed by atoms with Gasteiger partial charge in [-0.25, -0.2) is 0 Å². The number of amides is 1. The van der Waals surface area contributed by atoms with Gasteiger partial charge in [0.05, 0.1) is 0 Å². The van der Waals surface area contributed by atoms with Crippen LogP contribution in [0.1, 0.15) is 18.1 Å². The van der Waals surface area contributed by atoms with Crippen LogP contribution in [0.15, 0.2) is 18.2 Å². The van der Waals surface area contributed by atoms with E-state index in [9.17, 15) is 4.79 Å². The van der Waals surface area contributed by atoms with Crippen LogP contribution in [0.25, 0.3) is 0 Å². The molecule has 17 heavy (non-hydrogen) atoms. The Morgan fingerprint density at radius 3 is 2.76 bits per heavy atom. The van der Waals surface area contributed by atoms with Gasteiger partial charge in [0.1, 0.15) is 5.75 Å². The van der Waals surface area contributed by atoms with Crippen molar-refractivity contribution in [3.8, 4) is 5.75 Å². The number of nitrogens with two attached hydrogens (primary N) is 1. The molecule has 0 aliphatic heterocycles. The van der Waals surface area contributed by atoms with E-state index in [1.165, 1.54) is 0 Å². The summed E-state index contributed by atoms with van der Waals surface area (Å²) >= 11 is 0. The Morgan fingerprint density at radius 1 is 1.47 bits per heavy atom. The van der Waals surface area contributed by atoms with E-state index in [-0.39, 0.29) is 12.5 Å². The van der Waals surface area contributed by atoms with Crippen LogP contribution < -0.4 is 10.5 Å². The number of carbonyl (C=O) groups is 1. The number of likely N-dealkylation sites (N-methyl/N-ethyl adjacent to an activating group) is 1. The number of nitrogens with zero attached hydrogens (tertiary/aromatic N) is 1. The first-order valence-corrected chi connectivity index (χ1v) is 5.74. The van der Waals surface area contributed by atoms with Gasteiger partial charge in [0.2, 0.25) is 0 Å². The predicted molar refractivity (Wildman–Crippen MR) is 67.9 cm³/mol. The monoisotopic (exact) mass is 236 g/mol. The summed E-state index contributed by atoms with van der Waals surface area (Å²) in [6.45, 7) is 5.07. The summed E-state index contributed by atoms with van der Waals surface area (Å²) in [7, 11) is 1.75. The molecule has 4 nitrogen and oxygen atoms in total. The van der Waals surface area contributed by atoms with E-state index < -0.39 is 0 Å². The van der Waals surface area contributed by atoms with Crippen LogP contribution in [0, 0.1) is 6.92 Å². The molecule has 0 heterocycles. The molecule has 2 N–H and O–H groups in total. The molecule has 1 rings (SSSR count). The molecule has 4 heteroatoms. The van der Waals surface area contributed by atoms with Gasteiger partial charge < -0.3 is 15.4 Å². The van der Waals surface area contributed by atoms with Crippen molar-refractivity contribution in [2.24, 2.45) is 5.73 Å². The second-order valence-corrected chi connectivity index (χ2v) is 4.01. The third kappa shape index (κ3) is 3.75. The summed E-state index contributed by atoms with van der Waals surface area (Å²) in [4.78, 5) is 13.2. The summed E-state index contributed by atoms with van der Waals surface area (Å²) in [6, 6.07) is 5.78. The van der Waals surface area contributed by atoms with Gasteiger partial charge in [0.25, 0.3) is 5.91 Å². The number of hydrogen-bond donors (Lipinski definition) is 1. The first kappa shape index (κ1) is 13.5. The largest absolute Gasteiger partial charge is 0.483 e. The highest BCUT2D eigenvalue weighted by atomic mass is 16.5. The maximum absolute atomic E-state index is 11.6. The molecule has 0 aromatic heterocycles. The van der Waals surface area contributed by atoms with E-state index in [2.05, 4.69) is 0 Å². The van der Waals surface area contributed by atoms with Gasteiger partial charge in [0.15, 0.2) is 6.61 Å². The Bertz CT molecular complexity index is 391. The maximum atomic E-state index is 11.6. The van der Waals surface area contributed by atoms with Gasteiger partial charge in [-0.15, -0.1) is 0 Å². The van der Waals surface area contributed by atoms with Gasteiger partial charge in [-0.2, -0.15) is 0 Å². The quantitative estimate of drug-likeness (QED) is 0.838. The van der Waals surface area contributed by atoms with Gasteiger partial charge >= 0.3 is 0 Å². The van der Waals surface area contributed by atoms with Gasteiger partial charge in [-0.3, -0.25) is 4.79 Å². The zero-order chi connectivity index (χ0) is 12.8. The molecule has 94 valence electrons. The van der Waals surface area contributed by atoms with Gasteiger partial charge in [-0.05, 0) is 19.9 Å².